The summed E-state index contributed by atoms with van der Waals surface area (Å²) in [4.78, 5) is 30.6. The van der Waals surface area contributed by atoms with Crippen molar-refractivity contribution in [2.75, 3.05) is 23.4 Å². The molecule has 0 unspecified atom stereocenters. The molecule has 1 aliphatic rings. The van der Waals surface area contributed by atoms with Crippen LogP contribution in [0.15, 0.2) is 54.4 Å². The van der Waals surface area contributed by atoms with Crippen LogP contribution < -0.4 is 15.0 Å². The maximum Gasteiger partial charge on any atom is 0.265 e. The second-order valence-electron chi connectivity index (χ2n) is 6.35. The Kier molecular flexibility index (Phi) is 5.52. The predicted molar refractivity (Wildman–Crippen MR) is 115 cm³/mol. The summed E-state index contributed by atoms with van der Waals surface area (Å²) < 4.78 is 19.4. The Morgan fingerprint density at radius 1 is 1.40 bits per heavy atom. The van der Waals surface area contributed by atoms with E-state index in [1.807, 2.05) is 6.07 Å². The number of nitrogens with zero attached hydrogens (tertiary/aromatic N) is 2. The fourth-order valence-corrected chi connectivity index (χ4v) is 3.99. The summed E-state index contributed by atoms with van der Waals surface area (Å²) in [6.45, 7) is 4.03. The monoisotopic (exact) mass is 443 g/mol. The Morgan fingerprint density at radius 3 is 3.00 bits per heavy atom. The van der Waals surface area contributed by atoms with Gasteiger partial charge >= 0.3 is 0 Å². The van der Waals surface area contributed by atoms with Gasteiger partial charge in [0, 0.05) is 17.5 Å². The van der Waals surface area contributed by atoms with Crippen LogP contribution in [0.25, 0.3) is 11.3 Å². The van der Waals surface area contributed by atoms with Crippen LogP contribution in [0.1, 0.15) is 10.4 Å². The van der Waals surface area contributed by atoms with Gasteiger partial charge in [-0.05, 0) is 30.3 Å². The highest BCUT2D eigenvalue weighted by Crippen LogP contribution is 2.37. The summed E-state index contributed by atoms with van der Waals surface area (Å²) >= 11 is 7.13. The average Bonchev–Trinajstić information content (AvgIpc) is 3.18. The van der Waals surface area contributed by atoms with Crippen molar-refractivity contribution in [3.63, 3.8) is 0 Å². The number of hydrogen-bond donors (Lipinski definition) is 1. The largest absolute Gasteiger partial charge is 0.482 e. The van der Waals surface area contributed by atoms with Crippen molar-refractivity contribution >= 4 is 45.6 Å². The first kappa shape index (κ1) is 20.1. The summed E-state index contributed by atoms with van der Waals surface area (Å²) in [7, 11) is 0. The molecule has 0 saturated carbocycles. The zero-order valence-electron chi connectivity index (χ0n) is 15.5. The van der Waals surface area contributed by atoms with E-state index >= 15 is 0 Å². The molecule has 0 spiro atoms. The van der Waals surface area contributed by atoms with Gasteiger partial charge in [0.1, 0.15) is 11.6 Å². The third-order valence-electron chi connectivity index (χ3n) is 4.42. The molecule has 4 rings (SSSR count). The molecule has 0 atom stereocenters. The minimum Gasteiger partial charge on any atom is -0.482 e. The fraction of sp³-hybridized carbons (Fsp3) is 0.0952. The molecule has 2 aromatic carbocycles. The number of aromatic nitrogens is 1. The number of amides is 2. The van der Waals surface area contributed by atoms with Crippen LogP contribution in [-0.4, -0.2) is 29.9 Å². The molecule has 3 aromatic rings. The number of ether oxygens (including phenoxy) is 1. The lowest BCUT2D eigenvalue weighted by atomic mass is 10.1. The number of fused-ring (bicyclic) bond motifs is 1. The van der Waals surface area contributed by atoms with E-state index in [0.717, 1.165) is 5.56 Å². The molecular weight excluding hydrogens is 429 g/mol. The number of hydrogen-bond acceptors (Lipinski definition) is 5. The Morgan fingerprint density at radius 2 is 2.23 bits per heavy atom. The molecule has 2 amide bonds. The Labute approximate surface area is 180 Å². The standard InChI is InChI=1S/C21H15ClFN3O3S/c1-2-8-26-16-9-12(6-7-17(16)29-10-18(26)27)15-11-30-21(24-15)25-20(28)19-13(22)4-3-5-14(19)23/h2-7,9,11H,1,8,10H2,(H,24,25,28). The lowest BCUT2D eigenvalue weighted by Gasteiger charge is -2.28. The number of nitrogens with one attached hydrogen (secondary N) is 1. The zero-order valence-corrected chi connectivity index (χ0v) is 17.1. The van der Waals surface area contributed by atoms with Gasteiger partial charge in [0.05, 0.1) is 22.0 Å². The molecular formula is C21H15ClFN3O3S. The number of halogens is 2. The highest BCUT2D eigenvalue weighted by Gasteiger charge is 2.25. The molecule has 1 aromatic heterocycles. The molecule has 152 valence electrons. The molecule has 0 fully saturated rings. The number of carbonyl (C=O) groups is 2. The topological polar surface area (TPSA) is 71.5 Å². The second-order valence-corrected chi connectivity index (χ2v) is 7.62. The second kappa shape index (κ2) is 8.25. The van der Waals surface area contributed by atoms with Gasteiger partial charge in [-0.25, -0.2) is 9.37 Å². The van der Waals surface area contributed by atoms with E-state index in [1.54, 1.807) is 28.5 Å². The SMILES string of the molecule is C=CCN1C(=O)COc2ccc(-c3csc(NC(=O)c4c(F)cccc4Cl)n3)cc21. The van der Waals surface area contributed by atoms with Gasteiger partial charge in [-0.1, -0.05) is 23.7 Å². The summed E-state index contributed by atoms with van der Waals surface area (Å²) in [5, 5.41) is 4.64. The van der Waals surface area contributed by atoms with Crippen molar-refractivity contribution in [3.8, 4) is 17.0 Å². The van der Waals surface area contributed by atoms with E-state index in [-0.39, 0.29) is 23.1 Å². The van der Waals surface area contributed by atoms with Gasteiger partial charge in [-0.2, -0.15) is 0 Å². The van der Waals surface area contributed by atoms with Crippen LogP contribution in [0.5, 0.6) is 5.75 Å². The summed E-state index contributed by atoms with van der Waals surface area (Å²) in [5.41, 5.74) is 1.72. The van der Waals surface area contributed by atoms with E-state index in [4.69, 9.17) is 16.3 Å². The number of benzene rings is 2. The quantitative estimate of drug-likeness (QED) is 0.577. The Bertz CT molecular complexity index is 1140. The minimum absolute atomic E-state index is 0.0194. The van der Waals surface area contributed by atoms with E-state index in [2.05, 4.69) is 16.9 Å². The Hall–Kier alpha value is -3.23. The van der Waals surface area contributed by atoms with Crippen LogP contribution >= 0.6 is 22.9 Å². The highest BCUT2D eigenvalue weighted by molar-refractivity contribution is 7.14. The van der Waals surface area contributed by atoms with Crippen molar-refractivity contribution in [2.24, 2.45) is 0 Å². The average molecular weight is 444 g/mol. The maximum absolute atomic E-state index is 14.0. The third kappa shape index (κ3) is 3.79. The molecule has 1 aliphatic heterocycles. The molecule has 0 aliphatic carbocycles. The predicted octanol–water partition coefficient (Wildman–Crippen LogP) is 4.77. The van der Waals surface area contributed by atoms with Gasteiger partial charge in [0.15, 0.2) is 11.7 Å². The molecule has 0 radical (unpaired) electrons. The molecule has 0 bridgehead atoms. The van der Waals surface area contributed by atoms with Gasteiger partial charge in [-0.3, -0.25) is 14.9 Å². The number of rotatable bonds is 5. The highest BCUT2D eigenvalue weighted by atomic mass is 35.5. The number of carbonyl (C=O) groups excluding carboxylic acids is 2. The molecule has 0 saturated heterocycles. The minimum atomic E-state index is -0.710. The van der Waals surface area contributed by atoms with E-state index in [1.165, 1.54) is 29.5 Å². The lowest BCUT2D eigenvalue weighted by Crippen LogP contribution is -2.38. The van der Waals surface area contributed by atoms with Gasteiger partial charge in [0.2, 0.25) is 0 Å². The van der Waals surface area contributed by atoms with Crippen molar-refractivity contribution in [1.29, 1.82) is 0 Å². The van der Waals surface area contributed by atoms with E-state index < -0.39 is 11.7 Å². The van der Waals surface area contributed by atoms with E-state index in [9.17, 15) is 14.0 Å². The molecule has 1 N–H and O–H groups in total. The molecule has 9 heteroatoms. The fourth-order valence-electron chi connectivity index (χ4n) is 3.03. The van der Waals surface area contributed by atoms with Crippen LogP contribution in [0.4, 0.5) is 15.2 Å². The normalized spacial score (nSPS) is 12.9. The summed E-state index contributed by atoms with van der Waals surface area (Å²) in [6, 6.07) is 9.41. The first-order valence-corrected chi connectivity index (χ1v) is 10.1. The van der Waals surface area contributed by atoms with Crippen LogP contribution in [-0.2, 0) is 4.79 Å². The molecule has 2 heterocycles. The van der Waals surface area contributed by atoms with Crippen molar-refractivity contribution < 1.29 is 18.7 Å². The lowest BCUT2D eigenvalue weighted by molar-refractivity contribution is -0.121. The van der Waals surface area contributed by atoms with Crippen LogP contribution in [0.2, 0.25) is 5.02 Å². The first-order valence-electron chi connectivity index (χ1n) is 8.87. The Balaban J connectivity index is 1.60. The van der Waals surface area contributed by atoms with Crippen molar-refractivity contribution in [3.05, 3.63) is 70.8 Å². The smallest absolute Gasteiger partial charge is 0.265 e. The van der Waals surface area contributed by atoms with Crippen molar-refractivity contribution in [2.45, 2.75) is 0 Å². The third-order valence-corrected chi connectivity index (χ3v) is 5.50. The number of anilines is 2. The first-order chi connectivity index (χ1) is 14.5. The summed E-state index contributed by atoms with van der Waals surface area (Å²) in [6.07, 6.45) is 1.64. The molecule has 30 heavy (non-hydrogen) atoms. The van der Waals surface area contributed by atoms with Crippen LogP contribution in [0.3, 0.4) is 0 Å². The zero-order chi connectivity index (χ0) is 21.3. The van der Waals surface area contributed by atoms with Crippen molar-refractivity contribution in [1.82, 2.24) is 4.98 Å². The molecule has 6 nitrogen and oxygen atoms in total. The van der Waals surface area contributed by atoms with Gasteiger partial charge in [-0.15, -0.1) is 17.9 Å². The maximum atomic E-state index is 14.0. The van der Waals surface area contributed by atoms with E-state index in [0.29, 0.717) is 28.8 Å². The van der Waals surface area contributed by atoms with Gasteiger partial charge < -0.3 is 9.64 Å². The number of thiazole rings is 1. The van der Waals surface area contributed by atoms with Gasteiger partial charge in [0.25, 0.3) is 11.8 Å². The van der Waals surface area contributed by atoms with Crippen LogP contribution in [0, 0.1) is 5.82 Å². The summed E-state index contributed by atoms with van der Waals surface area (Å²) in [5.74, 6) is -0.954.